The van der Waals surface area contributed by atoms with Crippen molar-refractivity contribution in [2.75, 3.05) is 12.4 Å². The molecule has 0 bridgehead atoms. The number of phenols is 1. The van der Waals surface area contributed by atoms with Crippen LogP contribution in [0.15, 0.2) is 64.5 Å². The summed E-state index contributed by atoms with van der Waals surface area (Å²) in [6.45, 7) is 0.0616. The van der Waals surface area contributed by atoms with Crippen LogP contribution < -0.4 is 10.1 Å². The molecule has 1 aromatic carbocycles. The number of pyridine rings is 2. The van der Waals surface area contributed by atoms with E-state index in [0.29, 0.717) is 26.9 Å². The number of benzene rings is 1. The van der Waals surface area contributed by atoms with Crippen LogP contribution in [0.4, 0.5) is 10.5 Å². The largest absolute Gasteiger partial charge is 0.504 e. The van der Waals surface area contributed by atoms with Crippen LogP contribution >= 0.6 is 27.7 Å². The lowest BCUT2D eigenvalue weighted by Crippen LogP contribution is -2.22. The van der Waals surface area contributed by atoms with Gasteiger partial charge in [0.1, 0.15) is 6.61 Å². The lowest BCUT2D eigenvalue weighted by atomic mass is 10.2. The summed E-state index contributed by atoms with van der Waals surface area (Å²) in [4.78, 5) is 45.6. The standard InChI is InChI=1S/C23H17BrN4O5S/c1-28-22(31)20(34-23(28)32)8-15-7-19(18(29)9-17(15)24)33-12-13-6-16(11-26-10-13)27-21(30)14-2-4-25-5-3-14/h2-11,29H,12H2,1H3,(H,27,30)/b20-8-. The third-order valence-electron chi connectivity index (χ3n) is 4.74. The molecule has 0 spiro atoms. The highest BCUT2D eigenvalue weighted by atomic mass is 79.9. The number of imide groups is 1. The molecule has 0 aliphatic carbocycles. The third kappa shape index (κ3) is 5.26. The summed E-state index contributed by atoms with van der Waals surface area (Å²) in [5.74, 6) is -0.623. The van der Waals surface area contributed by atoms with Crippen molar-refractivity contribution in [3.8, 4) is 11.5 Å². The van der Waals surface area contributed by atoms with Gasteiger partial charge in [-0.1, -0.05) is 15.9 Å². The Balaban J connectivity index is 1.48. The summed E-state index contributed by atoms with van der Waals surface area (Å²) >= 11 is 4.19. The van der Waals surface area contributed by atoms with Crippen molar-refractivity contribution < 1.29 is 24.2 Å². The molecule has 0 saturated carbocycles. The summed E-state index contributed by atoms with van der Waals surface area (Å²) in [6, 6.07) is 7.92. The molecule has 3 aromatic rings. The number of nitrogens with zero attached hydrogens (tertiary/aromatic N) is 3. The van der Waals surface area contributed by atoms with Gasteiger partial charge in [-0.15, -0.1) is 0 Å². The molecule has 0 atom stereocenters. The molecule has 9 nitrogen and oxygen atoms in total. The highest BCUT2D eigenvalue weighted by Gasteiger charge is 2.32. The van der Waals surface area contributed by atoms with E-state index in [2.05, 4.69) is 31.2 Å². The van der Waals surface area contributed by atoms with Gasteiger partial charge < -0.3 is 15.2 Å². The number of halogens is 1. The topological polar surface area (TPSA) is 122 Å². The predicted molar refractivity (Wildman–Crippen MR) is 130 cm³/mol. The summed E-state index contributed by atoms with van der Waals surface area (Å²) in [5.41, 5.74) is 2.16. The number of anilines is 1. The molecule has 2 aromatic heterocycles. The molecular weight excluding hydrogens is 524 g/mol. The Morgan fingerprint density at radius 1 is 1.21 bits per heavy atom. The van der Waals surface area contributed by atoms with Gasteiger partial charge in [0.2, 0.25) is 0 Å². The van der Waals surface area contributed by atoms with Crippen molar-refractivity contribution >= 4 is 56.5 Å². The molecule has 11 heteroatoms. The lowest BCUT2D eigenvalue weighted by molar-refractivity contribution is -0.121. The smallest absolute Gasteiger partial charge is 0.293 e. The van der Waals surface area contributed by atoms with Crippen molar-refractivity contribution in [1.82, 2.24) is 14.9 Å². The number of nitrogens with one attached hydrogen (secondary N) is 1. The fraction of sp³-hybridized carbons (Fsp3) is 0.0870. The van der Waals surface area contributed by atoms with E-state index < -0.39 is 5.91 Å². The number of ether oxygens (including phenoxy) is 1. The summed E-state index contributed by atoms with van der Waals surface area (Å²) in [7, 11) is 1.42. The minimum Gasteiger partial charge on any atom is -0.504 e. The highest BCUT2D eigenvalue weighted by molar-refractivity contribution is 9.10. The predicted octanol–water partition coefficient (Wildman–Crippen LogP) is 4.44. The molecule has 1 aliphatic heterocycles. The molecule has 3 heterocycles. The number of aromatic hydroxyl groups is 1. The fourth-order valence-corrected chi connectivity index (χ4v) is 4.24. The molecule has 1 aliphatic rings. The van der Waals surface area contributed by atoms with Crippen molar-refractivity contribution in [3.05, 3.63) is 81.2 Å². The van der Waals surface area contributed by atoms with Gasteiger partial charge in [-0.25, -0.2) is 0 Å². The van der Waals surface area contributed by atoms with Gasteiger partial charge in [-0.05, 0) is 53.7 Å². The Morgan fingerprint density at radius 3 is 2.68 bits per heavy atom. The zero-order valence-electron chi connectivity index (χ0n) is 17.7. The number of carbonyl (C=O) groups is 3. The van der Waals surface area contributed by atoms with Crippen LogP contribution in [0.1, 0.15) is 21.5 Å². The first kappa shape index (κ1) is 23.5. The second-order valence-corrected chi connectivity index (χ2v) is 8.99. The van der Waals surface area contributed by atoms with Crippen molar-refractivity contribution in [3.63, 3.8) is 0 Å². The Kier molecular flexibility index (Phi) is 6.94. The minimum atomic E-state index is -0.394. The van der Waals surface area contributed by atoms with Gasteiger partial charge in [0.05, 0.1) is 16.8 Å². The normalized spacial score (nSPS) is 14.5. The van der Waals surface area contributed by atoms with E-state index in [-0.39, 0.29) is 34.2 Å². The van der Waals surface area contributed by atoms with Crippen LogP contribution in [-0.2, 0) is 11.4 Å². The quantitative estimate of drug-likeness (QED) is 0.440. The third-order valence-corrected chi connectivity index (χ3v) is 6.39. The maximum Gasteiger partial charge on any atom is 0.293 e. The molecule has 0 unspecified atom stereocenters. The number of amides is 3. The van der Waals surface area contributed by atoms with E-state index in [4.69, 9.17) is 4.74 Å². The van der Waals surface area contributed by atoms with Gasteiger partial charge in [0.15, 0.2) is 11.5 Å². The average molecular weight is 541 g/mol. The molecule has 172 valence electrons. The van der Waals surface area contributed by atoms with Crippen molar-refractivity contribution in [1.29, 1.82) is 0 Å². The number of hydrogen-bond donors (Lipinski definition) is 2. The lowest BCUT2D eigenvalue weighted by Gasteiger charge is -2.11. The maximum absolute atomic E-state index is 12.3. The zero-order chi connectivity index (χ0) is 24.2. The number of rotatable bonds is 6. The van der Waals surface area contributed by atoms with E-state index in [1.54, 1.807) is 36.5 Å². The van der Waals surface area contributed by atoms with Crippen LogP contribution in [0.25, 0.3) is 6.08 Å². The minimum absolute atomic E-state index is 0.0616. The number of hydrogen-bond acceptors (Lipinski definition) is 8. The molecule has 4 rings (SSSR count). The van der Waals surface area contributed by atoms with Crippen LogP contribution in [-0.4, -0.2) is 44.1 Å². The molecule has 34 heavy (non-hydrogen) atoms. The Bertz CT molecular complexity index is 1320. The number of phenolic OH excluding ortho intramolecular Hbond substituents is 1. The first-order chi connectivity index (χ1) is 16.3. The highest BCUT2D eigenvalue weighted by Crippen LogP contribution is 2.37. The average Bonchev–Trinajstić information content (AvgIpc) is 3.07. The first-order valence-electron chi connectivity index (χ1n) is 9.84. The van der Waals surface area contributed by atoms with Gasteiger partial charge in [0, 0.05) is 41.2 Å². The van der Waals surface area contributed by atoms with Crippen molar-refractivity contribution in [2.45, 2.75) is 6.61 Å². The van der Waals surface area contributed by atoms with Crippen LogP contribution in [0.3, 0.4) is 0 Å². The van der Waals surface area contributed by atoms with Crippen LogP contribution in [0.2, 0.25) is 0 Å². The summed E-state index contributed by atoms with van der Waals surface area (Å²) < 4.78 is 6.30. The number of carbonyl (C=O) groups excluding carboxylic acids is 3. The number of aromatic nitrogens is 2. The second-order valence-electron chi connectivity index (χ2n) is 7.14. The van der Waals surface area contributed by atoms with E-state index in [9.17, 15) is 19.5 Å². The maximum atomic E-state index is 12.3. The summed E-state index contributed by atoms with van der Waals surface area (Å²) in [6.07, 6.45) is 7.71. The fourth-order valence-electron chi connectivity index (χ4n) is 2.97. The first-order valence-corrected chi connectivity index (χ1v) is 11.4. The molecule has 1 fully saturated rings. The second kappa shape index (κ2) is 10.1. The molecular formula is C23H17BrN4O5S. The van der Waals surface area contributed by atoms with Crippen LogP contribution in [0.5, 0.6) is 11.5 Å². The monoisotopic (exact) mass is 540 g/mol. The van der Waals surface area contributed by atoms with Gasteiger partial charge >= 0.3 is 0 Å². The zero-order valence-corrected chi connectivity index (χ0v) is 20.1. The molecule has 2 N–H and O–H groups in total. The van der Waals surface area contributed by atoms with E-state index in [1.165, 1.54) is 31.7 Å². The van der Waals surface area contributed by atoms with Crippen LogP contribution in [0, 0.1) is 0 Å². The number of likely N-dealkylation sites (N-methyl/N-ethyl adjacent to an activating group) is 1. The summed E-state index contributed by atoms with van der Waals surface area (Å²) in [5, 5.41) is 12.7. The number of thioether (sulfide) groups is 1. The van der Waals surface area contributed by atoms with E-state index >= 15 is 0 Å². The Morgan fingerprint density at radius 2 is 1.97 bits per heavy atom. The van der Waals surface area contributed by atoms with Gasteiger partial charge in [-0.3, -0.25) is 29.3 Å². The SMILES string of the molecule is CN1C(=O)S/C(=C\c2cc(OCc3cncc(NC(=O)c4ccncc4)c3)c(O)cc2Br)C1=O. The van der Waals surface area contributed by atoms with E-state index in [1.807, 2.05) is 0 Å². The molecule has 3 amide bonds. The van der Waals surface area contributed by atoms with Gasteiger partial charge in [-0.2, -0.15) is 0 Å². The molecule has 0 radical (unpaired) electrons. The van der Waals surface area contributed by atoms with Gasteiger partial charge in [0.25, 0.3) is 17.1 Å². The van der Waals surface area contributed by atoms with E-state index in [0.717, 1.165) is 16.7 Å². The Hall–Kier alpha value is -3.70. The molecule has 1 saturated heterocycles. The Labute approximate surface area is 207 Å². The van der Waals surface area contributed by atoms with Crippen molar-refractivity contribution in [2.24, 2.45) is 0 Å².